The van der Waals surface area contributed by atoms with Crippen LogP contribution in [0.15, 0.2) is 65.6 Å². The minimum Gasteiger partial charge on any atom is -0.493 e. The summed E-state index contributed by atoms with van der Waals surface area (Å²) in [6, 6.07) is 13.9. The summed E-state index contributed by atoms with van der Waals surface area (Å²) in [5.41, 5.74) is 1.60. The maximum absolute atomic E-state index is 13.3. The lowest BCUT2D eigenvalue weighted by atomic mass is 10.1. The lowest BCUT2D eigenvalue weighted by Gasteiger charge is -2.26. The first-order chi connectivity index (χ1) is 15.4. The summed E-state index contributed by atoms with van der Waals surface area (Å²) >= 11 is 5.94. The highest BCUT2D eigenvalue weighted by Gasteiger charge is 2.25. The first kappa shape index (κ1) is 24.8. The van der Waals surface area contributed by atoms with E-state index in [0.29, 0.717) is 11.6 Å². The highest BCUT2D eigenvalue weighted by atomic mass is 35.5. The van der Waals surface area contributed by atoms with Crippen molar-refractivity contribution in [2.24, 2.45) is 0 Å². The van der Waals surface area contributed by atoms with E-state index < -0.39 is 10.0 Å². The highest BCUT2D eigenvalue weighted by Crippen LogP contribution is 2.25. The quantitative estimate of drug-likeness (QED) is 0.323. The standard InChI is InChI=1S/C25H33ClN2O3S/c1-21(2)19-28(32(29,30)24-13-11-23(26)12-14-24)20-22-9-4-5-10-25(22)31-18-8-17-27-15-6-3-7-16-27/h4-5,9-14H,1,3,6-8,15-20H2,2H3. The molecule has 0 amide bonds. The van der Waals surface area contributed by atoms with Crippen molar-refractivity contribution in [3.8, 4) is 5.75 Å². The normalized spacial score (nSPS) is 15.1. The summed E-state index contributed by atoms with van der Waals surface area (Å²) < 4.78 is 34.2. The average Bonchev–Trinajstić information content (AvgIpc) is 2.78. The van der Waals surface area contributed by atoms with E-state index in [4.69, 9.17) is 16.3 Å². The van der Waals surface area contributed by atoms with Crippen LogP contribution >= 0.6 is 11.6 Å². The van der Waals surface area contributed by atoms with Crippen molar-refractivity contribution < 1.29 is 13.2 Å². The number of halogens is 1. The summed E-state index contributed by atoms with van der Waals surface area (Å²) in [5.74, 6) is 0.726. The fraction of sp³-hybridized carbons (Fsp3) is 0.440. The number of hydrogen-bond acceptors (Lipinski definition) is 4. The van der Waals surface area contributed by atoms with Gasteiger partial charge >= 0.3 is 0 Å². The van der Waals surface area contributed by atoms with Crippen molar-refractivity contribution in [3.63, 3.8) is 0 Å². The molecule has 0 unspecified atom stereocenters. The number of benzene rings is 2. The van der Waals surface area contributed by atoms with Gasteiger partial charge < -0.3 is 9.64 Å². The Morgan fingerprint density at radius 2 is 1.78 bits per heavy atom. The summed E-state index contributed by atoms with van der Waals surface area (Å²) in [7, 11) is -3.72. The number of nitrogens with zero attached hydrogens (tertiary/aromatic N) is 2. The number of likely N-dealkylation sites (tertiary alicyclic amines) is 1. The van der Waals surface area contributed by atoms with Crippen LogP contribution in [0.2, 0.25) is 5.02 Å². The van der Waals surface area contributed by atoms with Crippen LogP contribution in [0.4, 0.5) is 0 Å². The second-order valence-electron chi connectivity index (χ2n) is 8.40. The van der Waals surface area contributed by atoms with Gasteiger partial charge in [0.2, 0.25) is 10.0 Å². The Morgan fingerprint density at radius 1 is 1.09 bits per heavy atom. The van der Waals surface area contributed by atoms with Crippen LogP contribution in [0.5, 0.6) is 5.75 Å². The Hall–Kier alpha value is -1.86. The molecular weight excluding hydrogens is 444 g/mol. The van der Waals surface area contributed by atoms with E-state index in [-0.39, 0.29) is 18.0 Å². The minimum absolute atomic E-state index is 0.208. The molecular formula is C25H33ClN2O3S. The molecule has 2 aromatic carbocycles. The van der Waals surface area contributed by atoms with Crippen molar-refractivity contribution in [1.29, 1.82) is 0 Å². The first-order valence-corrected chi connectivity index (χ1v) is 13.0. The number of hydrogen-bond donors (Lipinski definition) is 0. The van der Waals surface area contributed by atoms with Gasteiger partial charge in [0.1, 0.15) is 5.75 Å². The lowest BCUT2D eigenvalue weighted by molar-refractivity contribution is 0.204. The molecule has 0 atom stereocenters. The molecule has 7 heteroatoms. The summed E-state index contributed by atoms with van der Waals surface area (Å²) in [5, 5.41) is 0.499. The minimum atomic E-state index is -3.72. The number of piperidine rings is 1. The third kappa shape index (κ3) is 7.07. The van der Waals surface area contributed by atoms with Gasteiger partial charge in [0.15, 0.2) is 0 Å². The van der Waals surface area contributed by atoms with Gasteiger partial charge in [-0.25, -0.2) is 8.42 Å². The number of sulfonamides is 1. The third-order valence-electron chi connectivity index (χ3n) is 5.54. The van der Waals surface area contributed by atoms with E-state index >= 15 is 0 Å². The molecule has 3 rings (SSSR count). The van der Waals surface area contributed by atoms with E-state index in [1.54, 1.807) is 12.1 Å². The molecule has 32 heavy (non-hydrogen) atoms. The molecule has 2 aromatic rings. The lowest BCUT2D eigenvalue weighted by Crippen LogP contribution is -2.32. The zero-order valence-electron chi connectivity index (χ0n) is 18.8. The zero-order valence-corrected chi connectivity index (χ0v) is 20.4. The molecule has 1 aliphatic rings. The summed E-state index contributed by atoms with van der Waals surface area (Å²) in [6.45, 7) is 10.2. The van der Waals surface area contributed by atoms with Crippen LogP contribution in [0, 0.1) is 0 Å². The van der Waals surface area contributed by atoms with Crippen molar-refractivity contribution in [1.82, 2.24) is 9.21 Å². The van der Waals surface area contributed by atoms with E-state index in [0.717, 1.165) is 29.9 Å². The van der Waals surface area contributed by atoms with Crippen LogP contribution in [-0.4, -0.2) is 50.4 Å². The molecule has 0 saturated carbocycles. The van der Waals surface area contributed by atoms with Crippen molar-refractivity contribution in [2.45, 2.75) is 44.0 Å². The number of para-hydroxylation sites is 1. The fourth-order valence-corrected chi connectivity index (χ4v) is 5.50. The SMILES string of the molecule is C=C(C)CN(Cc1ccccc1OCCCN1CCCCC1)S(=O)(=O)c1ccc(Cl)cc1. The molecule has 0 radical (unpaired) electrons. The van der Waals surface area contributed by atoms with Gasteiger partial charge in [-0.05, 0) is 69.6 Å². The molecule has 0 bridgehead atoms. The highest BCUT2D eigenvalue weighted by molar-refractivity contribution is 7.89. The van der Waals surface area contributed by atoms with Gasteiger partial charge in [0.05, 0.1) is 11.5 Å². The Kier molecular flexibility index (Phi) is 9.17. The molecule has 0 aromatic heterocycles. The van der Waals surface area contributed by atoms with Crippen molar-refractivity contribution in [2.75, 3.05) is 32.8 Å². The Bertz CT molecular complexity index is 987. The monoisotopic (exact) mass is 476 g/mol. The van der Waals surface area contributed by atoms with Crippen LogP contribution in [0.25, 0.3) is 0 Å². The third-order valence-corrected chi connectivity index (χ3v) is 7.60. The number of ether oxygens (including phenoxy) is 1. The van der Waals surface area contributed by atoms with Crippen LogP contribution < -0.4 is 4.74 Å². The maximum Gasteiger partial charge on any atom is 0.243 e. The van der Waals surface area contributed by atoms with Crippen molar-refractivity contribution >= 4 is 21.6 Å². The first-order valence-electron chi connectivity index (χ1n) is 11.2. The van der Waals surface area contributed by atoms with Gasteiger partial charge in [-0.15, -0.1) is 0 Å². The van der Waals surface area contributed by atoms with Gasteiger partial charge in [-0.2, -0.15) is 4.31 Å². The zero-order chi connectivity index (χ0) is 23.0. The van der Waals surface area contributed by atoms with E-state index in [2.05, 4.69) is 11.5 Å². The second-order valence-corrected chi connectivity index (χ2v) is 10.8. The molecule has 1 aliphatic heterocycles. The topological polar surface area (TPSA) is 49.9 Å². The molecule has 0 N–H and O–H groups in total. The predicted molar refractivity (Wildman–Crippen MR) is 131 cm³/mol. The van der Waals surface area contributed by atoms with Crippen LogP contribution in [0.1, 0.15) is 38.2 Å². The predicted octanol–water partition coefficient (Wildman–Crippen LogP) is 5.36. The molecule has 0 aliphatic carbocycles. The van der Waals surface area contributed by atoms with Crippen LogP contribution in [-0.2, 0) is 16.6 Å². The Labute approximate surface area is 197 Å². The Balaban J connectivity index is 1.69. The fourth-order valence-electron chi connectivity index (χ4n) is 3.90. The second kappa shape index (κ2) is 11.8. The molecule has 174 valence electrons. The van der Waals surface area contributed by atoms with Gasteiger partial charge in [-0.3, -0.25) is 0 Å². The average molecular weight is 477 g/mol. The van der Waals surface area contributed by atoms with Gasteiger partial charge in [0, 0.05) is 30.2 Å². The van der Waals surface area contributed by atoms with Crippen molar-refractivity contribution in [3.05, 3.63) is 71.3 Å². The molecule has 1 fully saturated rings. The largest absolute Gasteiger partial charge is 0.493 e. The van der Waals surface area contributed by atoms with Gasteiger partial charge in [0.25, 0.3) is 0 Å². The molecule has 5 nitrogen and oxygen atoms in total. The maximum atomic E-state index is 13.3. The summed E-state index contributed by atoms with van der Waals surface area (Å²) in [6.07, 6.45) is 4.85. The summed E-state index contributed by atoms with van der Waals surface area (Å²) in [4.78, 5) is 2.70. The number of rotatable bonds is 11. The van der Waals surface area contributed by atoms with E-state index in [9.17, 15) is 8.42 Å². The molecule has 1 heterocycles. The van der Waals surface area contributed by atoms with Crippen LogP contribution in [0.3, 0.4) is 0 Å². The molecule has 0 spiro atoms. The van der Waals surface area contributed by atoms with Gasteiger partial charge in [-0.1, -0.05) is 48.4 Å². The van der Waals surface area contributed by atoms with E-state index in [1.807, 2.05) is 31.2 Å². The smallest absolute Gasteiger partial charge is 0.243 e. The van der Waals surface area contributed by atoms with E-state index in [1.165, 1.54) is 48.8 Å². The Morgan fingerprint density at radius 3 is 2.47 bits per heavy atom. The molecule has 1 saturated heterocycles.